The maximum atomic E-state index is 11.4. The average molecular weight is 418 g/mol. The van der Waals surface area contributed by atoms with Crippen molar-refractivity contribution in [3.63, 3.8) is 0 Å². The third-order valence-electron chi connectivity index (χ3n) is 4.98. The minimum Gasteiger partial charge on any atom is -0.404 e. The minimum absolute atomic E-state index is 0.0168. The molecule has 1 aliphatic rings. The summed E-state index contributed by atoms with van der Waals surface area (Å²) in [6, 6.07) is 19.1. The van der Waals surface area contributed by atoms with Crippen LogP contribution in [-0.4, -0.2) is 35.9 Å². The number of hydrogen-bond donors (Lipinski definition) is 0. The van der Waals surface area contributed by atoms with Crippen LogP contribution in [0.1, 0.15) is 45.6 Å². The Bertz CT molecular complexity index is 873. The van der Waals surface area contributed by atoms with Crippen LogP contribution < -0.4 is 10.4 Å². The van der Waals surface area contributed by atoms with Gasteiger partial charge in [0.1, 0.15) is 0 Å². The lowest BCUT2D eigenvalue weighted by Crippen LogP contribution is -2.47. The van der Waals surface area contributed by atoms with E-state index in [0.717, 1.165) is 12.7 Å². The number of hydrogen-bond acceptors (Lipinski definition) is 4. The summed E-state index contributed by atoms with van der Waals surface area (Å²) >= 11 is 0. The van der Waals surface area contributed by atoms with Gasteiger partial charge in [0.15, 0.2) is 0 Å². The molecule has 0 unspecified atom stereocenters. The predicted molar refractivity (Wildman–Crippen MR) is 115 cm³/mol. The van der Waals surface area contributed by atoms with Gasteiger partial charge in [-0.05, 0) is 40.6 Å². The highest BCUT2D eigenvalue weighted by Gasteiger charge is 2.32. The second-order valence-corrected chi connectivity index (χ2v) is 12.1. The largest absolute Gasteiger partial charge is 0.404 e. The number of benzene rings is 2. The molecule has 0 N–H and O–H groups in total. The molecule has 1 radical (unpaired) electrons. The Labute approximate surface area is 170 Å². The molecule has 1 fully saturated rings. The molecule has 2 aromatic carbocycles. The van der Waals surface area contributed by atoms with Crippen LogP contribution in [0.3, 0.4) is 0 Å². The van der Waals surface area contributed by atoms with Gasteiger partial charge in [0.25, 0.3) is 19.2 Å². The van der Waals surface area contributed by atoms with Crippen molar-refractivity contribution in [3.05, 3.63) is 60.2 Å². The molecule has 0 heterocycles. The van der Waals surface area contributed by atoms with Gasteiger partial charge >= 0.3 is 0 Å². The molecule has 0 spiro atoms. The zero-order valence-corrected chi connectivity index (χ0v) is 18.8. The Hall–Kier alpha value is -1.47. The summed E-state index contributed by atoms with van der Waals surface area (Å²) in [5.74, 6) is 0. The first-order valence-corrected chi connectivity index (χ1v) is 12.9. The summed E-state index contributed by atoms with van der Waals surface area (Å²) in [6.45, 7) is 6.63. The van der Waals surface area contributed by atoms with Crippen LogP contribution in [0.25, 0.3) is 0 Å². The lowest BCUT2D eigenvalue weighted by Gasteiger charge is -2.23. The van der Waals surface area contributed by atoms with E-state index in [0.29, 0.717) is 12.8 Å². The van der Waals surface area contributed by atoms with Gasteiger partial charge in [0.05, 0.1) is 12.4 Å². The van der Waals surface area contributed by atoms with Gasteiger partial charge in [-0.15, -0.1) is 0 Å². The quantitative estimate of drug-likeness (QED) is 0.536. The van der Waals surface area contributed by atoms with Gasteiger partial charge in [0, 0.05) is 6.10 Å². The van der Waals surface area contributed by atoms with Crippen LogP contribution in [0.5, 0.6) is 0 Å². The minimum atomic E-state index is -3.43. The molecule has 4 nitrogen and oxygen atoms in total. The van der Waals surface area contributed by atoms with Crippen molar-refractivity contribution in [3.8, 4) is 0 Å². The molecule has 2 aromatic rings. The third kappa shape index (κ3) is 5.77. The van der Waals surface area contributed by atoms with E-state index >= 15 is 0 Å². The summed E-state index contributed by atoms with van der Waals surface area (Å²) in [5, 5.41) is 2.40. The van der Waals surface area contributed by atoms with E-state index in [2.05, 4.69) is 57.2 Å². The summed E-state index contributed by atoms with van der Waals surface area (Å²) in [5.41, 5.74) is 1.41. The highest BCUT2D eigenvalue weighted by molar-refractivity contribution is 7.86. The molecule has 151 valence electrons. The van der Waals surface area contributed by atoms with Gasteiger partial charge in [-0.3, -0.25) is 4.18 Å². The molecule has 3 rings (SSSR count). The van der Waals surface area contributed by atoms with E-state index in [1.807, 2.05) is 18.2 Å². The highest BCUT2D eigenvalue weighted by atomic mass is 32.2. The van der Waals surface area contributed by atoms with Gasteiger partial charge in [0.2, 0.25) is 0 Å². The lowest BCUT2D eigenvalue weighted by molar-refractivity contribution is 0.175. The van der Waals surface area contributed by atoms with Crippen LogP contribution in [-0.2, 0) is 24.1 Å². The highest BCUT2D eigenvalue weighted by Crippen LogP contribution is 2.26. The van der Waals surface area contributed by atoms with Crippen LogP contribution >= 0.6 is 0 Å². The van der Waals surface area contributed by atoms with Crippen LogP contribution in [0.15, 0.2) is 54.6 Å². The molecular weight excluding hydrogens is 388 g/mol. The van der Waals surface area contributed by atoms with E-state index < -0.39 is 19.2 Å². The van der Waals surface area contributed by atoms with Crippen molar-refractivity contribution in [2.45, 2.75) is 57.7 Å². The molecule has 0 bridgehead atoms. The average Bonchev–Trinajstić information content (AvgIpc) is 3.05. The maximum Gasteiger partial charge on any atom is 0.283 e. The molecule has 0 saturated heterocycles. The lowest BCUT2D eigenvalue weighted by atomic mass is 9.87. The van der Waals surface area contributed by atoms with E-state index in [9.17, 15) is 8.42 Å². The van der Waals surface area contributed by atoms with Crippen molar-refractivity contribution in [1.82, 2.24) is 0 Å². The molecule has 1 saturated carbocycles. The van der Waals surface area contributed by atoms with Crippen molar-refractivity contribution < 1.29 is 17.0 Å². The number of rotatable bonds is 6. The SMILES string of the molecule is CC(C)(C)c1ccc([Si](O[C@@H]2CC[C@@H](OS(C)(=O)=O)C2)c2ccccc2)cc1. The summed E-state index contributed by atoms with van der Waals surface area (Å²) < 4.78 is 34.6. The second kappa shape index (κ2) is 8.49. The molecular formula is C22H29O4SSi. The van der Waals surface area contributed by atoms with Gasteiger partial charge in [-0.25, -0.2) is 0 Å². The normalized spacial score (nSPS) is 20.6. The zero-order valence-electron chi connectivity index (χ0n) is 17.0. The first kappa shape index (κ1) is 21.2. The molecule has 0 aromatic heterocycles. The van der Waals surface area contributed by atoms with Crippen LogP contribution in [0.2, 0.25) is 0 Å². The summed E-state index contributed by atoms with van der Waals surface area (Å²) in [7, 11) is -4.85. The van der Waals surface area contributed by atoms with Crippen molar-refractivity contribution in [2.24, 2.45) is 0 Å². The Kier molecular flexibility index (Phi) is 6.44. The summed E-state index contributed by atoms with van der Waals surface area (Å²) in [4.78, 5) is 0. The topological polar surface area (TPSA) is 52.6 Å². The smallest absolute Gasteiger partial charge is 0.283 e. The first-order valence-electron chi connectivity index (χ1n) is 9.70. The van der Waals surface area contributed by atoms with Crippen molar-refractivity contribution >= 4 is 29.5 Å². The van der Waals surface area contributed by atoms with Crippen LogP contribution in [0.4, 0.5) is 0 Å². The van der Waals surface area contributed by atoms with E-state index in [-0.39, 0.29) is 17.6 Å². The third-order valence-corrected chi connectivity index (χ3v) is 7.89. The Morgan fingerprint density at radius 2 is 1.46 bits per heavy atom. The standard InChI is InChI=1S/C22H29O4SSi/c1-22(2,3)17-10-14-21(15-11-17)28(20-8-6-5-7-9-20)26-19-13-12-18(16-19)25-27(4,23)24/h5-11,14-15,18-19H,12-13,16H2,1-4H3/t18-,19-/m1/s1. The fraction of sp³-hybridized carbons (Fsp3) is 0.455. The molecule has 2 atom stereocenters. The van der Waals surface area contributed by atoms with E-state index in [1.54, 1.807) is 0 Å². The van der Waals surface area contributed by atoms with E-state index in [4.69, 9.17) is 8.61 Å². The fourth-order valence-corrected chi connectivity index (χ4v) is 6.31. The maximum absolute atomic E-state index is 11.4. The second-order valence-electron chi connectivity index (χ2n) is 8.50. The monoisotopic (exact) mass is 417 g/mol. The molecule has 28 heavy (non-hydrogen) atoms. The molecule has 6 heteroatoms. The first-order chi connectivity index (χ1) is 13.1. The van der Waals surface area contributed by atoms with Crippen molar-refractivity contribution in [2.75, 3.05) is 6.26 Å². The predicted octanol–water partition coefficient (Wildman–Crippen LogP) is 3.00. The zero-order chi connectivity index (χ0) is 20.4. The van der Waals surface area contributed by atoms with Gasteiger partial charge in [-0.1, -0.05) is 75.4 Å². The van der Waals surface area contributed by atoms with Crippen molar-refractivity contribution in [1.29, 1.82) is 0 Å². The Morgan fingerprint density at radius 3 is 2.04 bits per heavy atom. The molecule has 0 aliphatic heterocycles. The molecule has 1 aliphatic carbocycles. The van der Waals surface area contributed by atoms with Gasteiger partial charge < -0.3 is 4.43 Å². The van der Waals surface area contributed by atoms with E-state index in [1.165, 1.54) is 15.9 Å². The van der Waals surface area contributed by atoms with Crippen LogP contribution in [0, 0.1) is 0 Å². The fourth-order valence-electron chi connectivity index (χ4n) is 3.52. The summed E-state index contributed by atoms with van der Waals surface area (Å²) in [6.07, 6.45) is 3.00. The Morgan fingerprint density at radius 1 is 0.893 bits per heavy atom. The molecule has 0 amide bonds. The Balaban J connectivity index is 1.79. The van der Waals surface area contributed by atoms with Gasteiger partial charge in [-0.2, -0.15) is 8.42 Å².